The van der Waals surface area contributed by atoms with Gasteiger partial charge in [0, 0.05) is 16.9 Å². The van der Waals surface area contributed by atoms with E-state index in [1.54, 1.807) is 0 Å². The first-order valence-electron chi connectivity index (χ1n) is 24.3. The van der Waals surface area contributed by atoms with Gasteiger partial charge in [0.25, 0.3) is 0 Å². The molecule has 0 bridgehead atoms. The van der Waals surface area contributed by atoms with Crippen molar-refractivity contribution in [1.82, 2.24) is 0 Å². The molecular formula is C67H55N. The first-order chi connectivity index (χ1) is 33.2. The molecule has 0 radical (unpaired) electrons. The van der Waals surface area contributed by atoms with Crippen LogP contribution >= 0.6 is 0 Å². The first-order valence-corrected chi connectivity index (χ1v) is 24.3. The third-order valence-electron chi connectivity index (χ3n) is 15.4. The van der Waals surface area contributed by atoms with E-state index in [0.29, 0.717) is 0 Å². The average Bonchev–Trinajstić information content (AvgIpc) is 3.68. The number of fused-ring (bicyclic) bond motifs is 5. The van der Waals surface area contributed by atoms with E-state index in [2.05, 4.69) is 269 Å². The summed E-state index contributed by atoms with van der Waals surface area (Å²) in [6.07, 6.45) is 2.33. The molecule has 328 valence electrons. The molecular weight excluding hydrogens is 819 g/mol. The number of hydrogen-bond acceptors (Lipinski definition) is 1. The molecule has 0 aromatic heterocycles. The summed E-state index contributed by atoms with van der Waals surface area (Å²) in [5.74, 6) is 0. The first kappa shape index (κ1) is 41.7. The lowest BCUT2D eigenvalue weighted by atomic mass is 9.63. The largest absolute Gasteiger partial charge is 0.310 e. The fourth-order valence-corrected chi connectivity index (χ4v) is 11.8. The zero-order valence-corrected chi connectivity index (χ0v) is 39.4. The zero-order valence-electron chi connectivity index (χ0n) is 39.4. The summed E-state index contributed by atoms with van der Waals surface area (Å²) in [6.45, 7) is 9.73. The highest BCUT2D eigenvalue weighted by atomic mass is 15.1. The third kappa shape index (κ3) is 6.75. The molecule has 0 unspecified atom stereocenters. The quantitative estimate of drug-likeness (QED) is 0.147. The summed E-state index contributed by atoms with van der Waals surface area (Å²) in [5, 5.41) is 2.50. The van der Waals surface area contributed by atoms with Gasteiger partial charge in [-0.2, -0.15) is 0 Å². The van der Waals surface area contributed by atoms with Crippen LogP contribution in [0.3, 0.4) is 0 Å². The van der Waals surface area contributed by atoms with Gasteiger partial charge in [-0.3, -0.25) is 0 Å². The van der Waals surface area contributed by atoms with Crippen LogP contribution in [0.2, 0.25) is 0 Å². The maximum Gasteiger partial charge on any atom is 0.0714 e. The van der Waals surface area contributed by atoms with Crippen molar-refractivity contribution in [3.63, 3.8) is 0 Å². The number of rotatable bonds is 8. The summed E-state index contributed by atoms with van der Waals surface area (Å²) < 4.78 is 0. The van der Waals surface area contributed by atoms with Crippen molar-refractivity contribution in [2.45, 2.75) is 56.8 Å². The maximum absolute atomic E-state index is 2.56. The second-order valence-electron chi connectivity index (χ2n) is 20.3. The minimum absolute atomic E-state index is 0.0462. The van der Waals surface area contributed by atoms with Crippen molar-refractivity contribution in [1.29, 1.82) is 0 Å². The zero-order chi connectivity index (χ0) is 46.0. The molecule has 0 saturated heterocycles. The van der Waals surface area contributed by atoms with E-state index in [4.69, 9.17) is 0 Å². The van der Waals surface area contributed by atoms with Crippen LogP contribution in [-0.2, 0) is 16.2 Å². The molecule has 2 aliphatic carbocycles. The standard InChI is InChI=1S/C67H55N/c1-65(2)41-42-66(3,4)63-43-50(35-40-61(63)65)58-44-59-57-28-16-17-30-60(57)67(51-23-10-6-11-24-51,52-25-12-7-13-26-52)62(59)45-64(58)68(53-36-31-47(32-37-53)46-19-8-5-9-20-46)54-38-33-49(34-39-54)56-29-18-22-48-21-14-15-27-55(48)56/h5-40,43-45H,41-42H2,1-4H3. The second-order valence-corrected chi connectivity index (χ2v) is 20.3. The minimum Gasteiger partial charge on any atom is -0.310 e. The van der Waals surface area contributed by atoms with Gasteiger partial charge in [0.1, 0.15) is 0 Å². The predicted molar refractivity (Wildman–Crippen MR) is 288 cm³/mol. The Hall–Kier alpha value is -7.74. The van der Waals surface area contributed by atoms with Gasteiger partial charge in [-0.1, -0.05) is 228 Å². The highest BCUT2D eigenvalue weighted by Gasteiger charge is 2.47. The van der Waals surface area contributed by atoms with Gasteiger partial charge in [-0.25, -0.2) is 0 Å². The Morgan fingerprint density at radius 1 is 0.324 bits per heavy atom. The number of hydrogen-bond donors (Lipinski definition) is 0. The van der Waals surface area contributed by atoms with Crippen LogP contribution in [0, 0.1) is 0 Å². The SMILES string of the molecule is CC1(C)CCC(C)(C)c2cc(-c3cc4c(cc3N(c3ccc(-c5ccccc5)cc3)c3ccc(-c5cccc6ccccc56)cc3)C(c3ccccc3)(c3ccccc3)c3ccccc3-4)ccc21. The summed E-state index contributed by atoms with van der Waals surface area (Å²) in [7, 11) is 0. The van der Waals surface area contributed by atoms with Crippen LogP contribution < -0.4 is 4.90 Å². The molecule has 0 saturated carbocycles. The number of benzene rings is 10. The molecule has 12 rings (SSSR count). The highest BCUT2D eigenvalue weighted by Crippen LogP contribution is 2.59. The molecule has 10 aromatic carbocycles. The van der Waals surface area contributed by atoms with Gasteiger partial charge in [-0.15, -0.1) is 0 Å². The molecule has 0 fully saturated rings. The summed E-state index contributed by atoms with van der Waals surface area (Å²) in [4.78, 5) is 2.52. The van der Waals surface area contributed by atoms with E-state index >= 15 is 0 Å². The Morgan fingerprint density at radius 2 is 0.838 bits per heavy atom. The Labute approximate surface area is 402 Å². The van der Waals surface area contributed by atoms with Crippen LogP contribution in [0.1, 0.15) is 73.9 Å². The second kappa shape index (κ2) is 16.2. The summed E-state index contributed by atoms with van der Waals surface area (Å²) in [6, 6.07) is 88.5. The average molecular weight is 874 g/mol. The van der Waals surface area contributed by atoms with Crippen molar-refractivity contribution in [2.24, 2.45) is 0 Å². The van der Waals surface area contributed by atoms with Gasteiger partial charge in [0.05, 0.1) is 11.1 Å². The molecule has 68 heavy (non-hydrogen) atoms. The van der Waals surface area contributed by atoms with Crippen molar-refractivity contribution in [2.75, 3.05) is 4.90 Å². The van der Waals surface area contributed by atoms with Gasteiger partial charge < -0.3 is 4.90 Å². The lowest BCUT2D eigenvalue weighted by Crippen LogP contribution is -2.33. The van der Waals surface area contributed by atoms with Crippen LogP contribution in [0.4, 0.5) is 17.1 Å². The van der Waals surface area contributed by atoms with Crippen molar-refractivity contribution < 1.29 is 0 Å². The van der Waals surface area contributed by atoms with Crippen LogP contribution in [-0.4, -0.2) is 0 Å². The van der Waals surface area contributed by atoms with Gasteiger partial charge in [0.15, 0.2) is 0 Å². The molecule has 10 aromatic rings. The predicted octanol–water partition coefficient (Wildman–Crippen LogP) is 18.0. The third-order valence-corrected chi connectivity index (χ3v) is 15.4. The molecule has 0 heterocycles. The Morgan fingerprint density at radius 3 is 1.51 bits per heavy atom. The van der Waals surface area contributed by atoms with Crippen molar-refractivity contribution in [3.8, 4) is 44.5 Å². The topological polar surface area (TPSA) is 3.24 Å². The summed E-state index contributed by atoms with van der Waals surface area (Å²) >= 11 is 0. The molecule has 1 nitrogen and oxygen atoms in total. The molecule has 2 aliphatic rings. The lowest BCUT2D eigenvalue weighted by molar-refractivity contribution is 0.332. The van der Waals surface area contributed by atoms with Crippen molar-refractivity contribution in [3.05, 3.63) is 270 Å². The summed E-state index contributed by atoms with van der Waals surface area (Å²) in [5.41, 5.74) is 20.8. The van der Waals surface area contributed by atoms with Crippen LogP contribution in [0.15, 0.2) is 237 Å². The van der Waals surface area contributed by atoms with E-state index < -0.39 is 5.41 Å². The number of nitrogens with zero attached hydrogens (tertiary/aromatic N) is 1. The van der Waals surface area contributed by atoms with E-state index in [9.17, 15) is 0 Å². The molecule has 0 atom stereocenters. The van der Waals surface area contributed by atoms with Gasteiger partial charge in [-0.05, 0) is 143 Å². The Kier molecular flexibility index (Phi) is 9.96. The van der Waals surface area contributed by atoms with Crippen LogP contribution in [0.25, 0.3) is 55.3 Å². The monoisotopic (exact) mass is 873 g/mol. The minimum atomic E-state index is -0.565. The fraction of sp³-hybridized carbons (Fsp3) is 0.134. The Balaban J connectivity index is 1.16. The normalized spacial score (nSPS) is 15.0. The van der Waals surface area contributed by atoms with E-state index in [1.165, 1.54) is 95.1 Å². The molecule has 0 spiro atoms. The highest BCUT2D eigenvalue weighted by molar-refractivity contribution is 5.99. The van der Waals surface area contributed by atoms with E-state index in [1.807, 2.05) is 0 Å². The molecule has 0 N–H and O–H groups in total. The van der Waals surface area contributed by atoms with E-state index in [-0.39, 0.29) is 10.8 Å². The van der Waals surface area contributed by atoms with E-state index in [0.717, 1.165) is 23.5 Å². The smallest absolute Gasteiger partial charge is 0.0714 e. The lowest BCUT2D eigenvalue weighted by Gasteiger charge is -2.42. The molecule has 1 heteroatoms. The van der Waals surface area contributed by atoms with Gasteiger partial charge in [0.2, 0.25) is 0 Å². The van der Waals surface area contributed by atoms with Crippen molar-refractivity contribution >= 4 is 27.8 Å². The number of anilines is 3. The maximum atomic E-state index is 2.56. The molecule has 0 aliphatic heterocycles. The van der Waals surface area contributed by atoms with Gasteiger partial charge >= 0.3 is 0 Å². The fourth-order valence-electron chi connectivity index (χ4n) is 11.8. The Bertz CT molecular complexity index is 3430. The van der Waals surface area contributed by atoms with Crippen LogP contribution in [0.5, 0.6) is 0 Å². The molecule has 0 amide bonds.